The van der Waals surface area contributed by atoms with Crippen LogP contribution in [0.3, 0.4) is 0 Å². The number of nitrogens with one attached hydrogen (secondary N) is 1. The molecule has 0 aliphatic heterocycles. The largest absolute Gasteiger partial charge is 0.338 e. The number of amides is 1. The molecule has 0 radical (unpaired) electrons. The second-order valence-electron chi connectivity index (χ2n) is 6.35. The maximum absolute atomic E-state index is 12.3. The number of benzene rings is 2. The molecule has 1 aromatic heterocycles. The zero-order valence-electron chi connectivity index (χ0n) is 15.2. The Morgan fingerprint density at radius 1 is 1.12 bits per heavy atom. The van der Waals surface area contributed by atoms with Gasteiger partial charge >= 0.3 is 0 Å². The molecule has 0 aliphatic carbocycles. The highest BCUT2D eigenvalue weighted by atomic mass is 16.5. The molecule has 0 spiro atoms. The van der Waals surface area contributed by atoms with Gasteiger partial charge in [-0.1, -0.05) is 47.6 Å². The third-order valence-electron chi connectivity index (χ3n) is 4.20. The van der Waals surface area contributed by atoms with Crippen molar-refractivity contribution in [2.24, 2.45) is 0 Å². The number of nitrogens with zero attached hydrogens (tertiary/aromatic N) is 3. The quantitative estimate of drug-likeness (QED) is 0.737. The van der Waals surface area contributed by atoms with E-state index >= 15 is 0 Å². The van der Waals surface area contributed by atoms with Crippen molar-refractivity contribution in [2.75, 3.05) is 18.9 Å². The maximum atomic E-state index is 12.3. The summed E-state index contributed by atoms with van der Waals surface area (Å²) in [6, 6.07) is 15.5. The Hall–Kier alpha value is -2.99. The van der Waals surface area contributed by atoms with Crippen molar-refractivity contribution in [2.45, 2.75) is 20.4 Å². The Bertz CT molecular complexity index is 890. The third-order valence-corrected chi connectivity index (χ3v) is 4.20. The molecule has 0 saturated carbocycles. The van der Waals surface area contributed by atoms with Gasteiger partial charge in [-0.25, -0.2) is 0 Å². The Morgan fingerprint density at radius 2 is 1.88 bits per heavy atom. The SMILES string of the molecule is Cc1cccc(NC(=O)CN(C)Cc2nc(-c3ccccc3)no2)c1C. The minimum absolute atomic E-state index is 0.0796. The highest BCUT2D eigenvalue weighted by Crippen LogP contribution is 2.18. The fourth-order valence-corrected chi connectivity index (χ4v) is 2.63. The van der Waals surface area contributed by atoms with Crippen LogP contribution < -0.4 is 5.32 Å². The molecule has 3 aromatic rings. The van der Waals surface area contributed by atoms with E-state index in [-0.39, 0.29) is 12.5 Å². The van der Waals surface area contributed by atoms with Crippen molar-refractivity contribution in [1.29, 1.82) is 0 Å². The summed E-state index contributed by atoms with van der Waals surface area (Å²) in [7, 11) is 1.84. The van der Waals surface area contributed by atoms with Gasteiger partial charge in [0.05, 0.1) is 13.1 Å². The lowest BCUT2D eigenvalue weighted by Crippen LogP contribution is -2.30. The number of hydrogen-bond donors (Lipinski definition) is 1. The smallest absolute Gasteiger partial charge is 0.241 e. The summed E-state index contributed by atoms with van der Waals surface area (Å²) in [4.78, 5) is 18.5. The van der Waals surface area contributed by atoms with Crippen molar-refractivity contribution in [3.05, 3.63) is 65.5 Å². The molecule has 1 heterocycles. The molecule has 0 atom stereocenters. The van der Waals surface area contributed by atoms with Gasteiger partial charge in [0.25, 0.3) is 0 Å². The highest BCUT2D eigenvalue weighted by molar-refractivity contribution is 5.93. The van der Waals surface area contributed by atoms with E-state index in [1.807, 2.05) is 74.3 Å². The van der Waals surface area contributed by atoms with Crippen LogP contribution in [-0.2, 0) is 11.3 Å². The maximum Gasteiger partial charge on any atom is 0.241 e. The summed E-state index contributed by atoms with van der Waals surface area (Å²) >= 11 is 0. The molecule has 0 saturated heterocycles. The molecular weight excluding hydrogens is 328 g/mol. The van der Waals surface area contributed by atoms with E-state index < -0.39 is 0 Å². The summed E-state index contributed by atoms with van der Waals surface area (Å²) in [5, 5.41) is 6.95. The number of likely N-dealkylation sites (N-methyl/N-ethyl adjacent to an activating group) is 1. The average Bonchev–Trinajstić information content (AvgIpc) is 3.08. The lowest BCUT2D eigenvalue weighted by atomic mass is 10.1. The molecule has 6 heteroatoms. The topological polar surface area (TPSA) is 71.3 Å². The minimum atomic E-state index is -0.0796. The molecule has 1 amide bonds. The Morgan fingerprint density at radius 3 is 2.65 bits per heavy atom. The number of carbonyl (C=O) groups is 1. The van der Waals surface area contributed by atoms with Crippen molar-refractivity contribution < 1.29 is 9.32 Å². The summed E-state index contributed by atoms with van der Waals surface area (Å²) in [6.45, 7) is 4.66. The van der Waals surface area contributed by atoms with Gasteiger partial charge in [-0.05, 0) is 38.1 Å². The van der Waals surface area contributed by atoms with Crippen molar-refractivity contribution in [1.82, 2.24) is 15.0 Å². The van der Waals surface area contributed by atoms with Crippen LogP contribution in [0.25, 0.3) is 11.4 Å². The molecule has 0 unspecified atom stereocenters. The zero-order chi connectivity index (χ0) is 18.5. The van der Waals surface area contributed by atoms with Crippen molar-refractivity contribution >= 4 is 11.6 Å². The van der Waals surface area contributed by atoms with Crippen molar-refractivity contribution in [3.63, 3.8) is 0 Å². The first-order valence-corrected chi connectivity index (χ1v) is 8.45. The predicted molar refractivity (Wildman–Crippen MR) is 101 cm³/mol. The molecule has 2 aromatic carbocycles. The average molecular weight is 350 g/mol. The Kier molecular flexibility index (Phi) is 5.43. The number of carbonyl (C=O) groups excluding carboxylic acids is 1. The van der Waals surface area contributed by atoms with Gasteiger partial charge in [0.2, 0.25) is 17.6 Å². The van der Waals surface area contributed by atoms with E-state index in [0.29, 0.717) is 18.3 Å². The molecule has 0 fully saturated rings. The Balaban J connectivity index is 1.57. The normalized spacial score (nSPS) is 10.9. The number of aryl methyl sites for hydroxylation is 1. The van der Waals surface area contributed by atoms with Crippen LogP contribution >= 0.6 is 0 Å². The third kappa shape index (κ3) is 4.34. The predicted octanol–water partition coefficient (Wildman–Crippen LogP) is 3.42. The van der Waals surface area contributed by atoms with Crippen molar-refractivity contribution in [3.8, 4) is 11.4 Å². The van der Waals surface area contributed by atoms with E-state index in [9.17, 15) is 4.79 Å². The van der Waals surface area contributed by atoms with Crippen LogP contribution in [0.5, 0.6) is 0 Å². The molecule has 0 bridgehead atoms. The number of rotatable bonds is 6. The van der Waals surface area contributed by atoms with Gasteiger partial charge in [-0.15, -0.1) is 0 Å². The van der Waals surface area contributed by atoms with E-state index in [1.165, 1.54) is 0 Å². The summed E-state index contributed by atoms with van der Waals surface area (Å²) in [5.41, 5.74) is 3.97. The second kappa shape index (κ2) is 7.93. The van der Waals surface area contributed by atoms with Crippen LogP contribution in [0.15, 0.2) is 53.1 Å². The molecule has 1 N–H and O–H groups in total. The van der Waals surface area contributed by atoms with Gasteiger partial charge in [-0.2, -0.15) is 4.98 Å². The van der Waals surface area contributed by atoms with E-state index in [1.54, 1.807) is 0 Å². The molecule has 26 heavy (non-hydrogen) atoms. The number of anilines is 1. The fraction of sp³-hybridized carbons (Fsp3) is 0.250. The van der Waals surface area contributed by atoms with Gasteiger partial charge < -0.3 is 9.84 Å². The second-order valence-corrected chi connectivity index (χ2v) is 6.35. The monoisotopic (exact) mass is 350 g/mol. The van der Waals surface area contributed by atoms with Gasteiger partial charge in [0.1, 0.15) is 0 Å². The van der Waals surface area contributed by atoms with Crippen LogP contribution in [-0.4, -0.2) is 34.5 Å². The number of aromatic nitrogens is 2. The first-order chi connectivity index (χ1) is 12.5. The standard InChI is InChI=1S/C20H22N4O2/c1-14-8-7-11-17(15(14)2)21-18(25)12-24(3)13-19-22-20(23-26-19)16-9-5-4-6-10-16/h4-11H,12-13H2,1-3H3,(H,21,25). The fourth-order valence-electron chi connectivity index (χ4n) is 2.63. The minimum Gasteiger partial charge on any atom is -0.338 e. The van der Waals surface area contributed by atoms with E-state index in [2.05, 4.69) is 15.5 Å². The van der Waals surface area contributed by atoms with E-state index in [4.69, 9.17) is 4.52 Å². The first-order valence-electron chi connectivity index (χ1n) is 8.45. The van der Waals surface area contributed by atoms with E-state index in [0.717, 1.165) is 22.4 Å². The molecule has 3 rings (SSSR count). The molecular formula is C20H22N4O2. The summed E-state index contributed by atoms with van der Waals surface area (Å²) in [5.74, 6) is 0.948. The number of hydrogen-bond acceptors (Lipinski definition) is 5. The molecule has 0 aliphatic rings. The Labute approximate surface area is 152 Å². The zero-order valence-corrected chi connectivity index (χ0v) is 15.2. The lowest BCUT2D eigenvalue weighted by molar-refractivity contribution is -0.117. The molecule has 134 valence electrons. The molecule has 6 nitrogen and oxygen atoms in total. The van der Waals surface area contributed by atoms with Gasteiger partial charge in [0.15, 0.2) is 0 Å². The first kappa shape index (κ1) is 17.8. The highest BCUT2D eigenvalue weighted by Gasteiger charge is 2.13. The van der Waals surface area contributed by atoms with Crippen LogP contribution in [0.2, 0.25) is 0 Å². The lowest BCUT2D eigenvalue weighted by Gasteiger charge is -2.15. The van der Waals surface area contributed by atoms with Gasteiger partial charge in [0, 0.05) is 11.3 Å². The summed E-state index contributed by atoms with van der Waals surface area (Å²) in [6.07, 6.45) is 0. The van der Waals surface area contributed by atoms with Crippen LogP contribution in [0, 0.1) is 13.8 Å². The summed E-state index contributed by atoms with van der Waals surface area (Å²) < 4.78 is 5.29. The van der Waals surface area contributed by atoms with Gasteiger partial charge in [-0.3, -0.25) is 9.69 Å². The van der Waals surface area contributed by atoms with Crippen LogP contribution in [0.1, 0.15) is 17.0 Å². The van der Waals surface area contributed by atoms with Crippen LogP contribution in [0.4, 0.5) is 5.69 Å².